The molecule has 0 rings (SSSR count). The Morgan fingerprint density at radius 1 is 1.07 bits per heavy atom. The lowest BCUT2D eigenvalue weighted by Crippen LogP contribution is -2.03. The van der Waals surface area contributed by atoms with Crippen LogP contribution in [-0.4, -0.2) is 51.0 Å². The van der Waals surface area contributed by atoms with Gasteiger partial charge in [-0.2, -0.15) is 0 Å². The molecule has 0 aliphatic heterocycles. The topological polar surface area (TPSA) is 118 Å². The van der Waals surface area contributed by atoms with Crippen molar-refractivity contribution in [2.75, 3.05) is 13.2 Å². The molecule has 14 heavy (non-hydrogen) atoms. The number of aliphatic hydroxyl groups excluding tert-OH is 3. The van der Waals surface area contributed by atoms with Gasteiger partial charge < -0.3 is 25.5 Å². The predicted octanol–water partition coefficient (Wildman–Crippen LogP) is -1.09. The monoisotopic (exact) mass is 210 g/mol. The first kappa shape index (κ1) is 15.8. The molecule has 0 spiro atoms. The molecule has 86 valence electrons. The highest BCUT2D eigenvalue weighted by Gasteiger charge is 1.99. The Kier molecular flexibility index (Phi) is 13.9. The lowest BCUT2D eigenvalue weighted by molar-refractivity contribution is -0.137. The van der Waals surface area contributed by atoms with Gasteiger partial charge in [-0.25, -0.2) is 0 Å². The molecule has 0 amide bonds. The van der Waals surface area contributed by atoms with Crippen LogP contribution in [0.3, 0.4) is 0 Å². The van der Waals surface area contributed by atoms with Crippen LogP contribution in [0.2, 0.25) is 0 Å². The Bertz CT molecular complexity index is 123. The minimum Gasteiger partial charge on any atom is -0.481 e. The largest absolute Gasteiger partial charge is 0.481 e. The molecule has 0 radical (unpaired) electrons. The molecule has 0 bridgehead atoms. The standard InChI is InChI=1S/C6H12O4.C2H6O2/c7-5(8)3-1-2-4-6(9)10;3-1-2-4/h5,7-8H,1-4H2,(H,9,10);3-4H,1-2H2. The second-order valence-electron chi connectivity index (χ2n) is 2.57. The van der Waals surface area contributed by atoms with Gasteiger partial charge in [-0.3, -0.25) is 4.79 Å². The first-order valence-electron chi connectivity index (χ1n) is 4.34. The van der Waals surface area contributed by atoms with Crippen molar-refractivity contribution in [1.29, 1.82) is 0 Å². The minimum absolute atomic E-state index is 0.104. The Morgan fingerprint density at radius 3 is 1.86 bits per heavy atom. The summed E-state index contributed by atoms with van der Waals surface area (Å²) < 4.78 is 0. The van der Waals surface area contributed by atoms with Crippen LogP contribution < -0.4 is 0 Å². The number of unbranched alkanes of at least 4 members (excludes halogenated alkanes) is 1. The molecule has 0 unspecified atom stereocenters. The zero-order valence-electron chi connectivity index (χ0n) is 7.96. The summed E-state index contributed by atoms with van der Waals surface area (Å²) in [5.41, 5.74) is 0. The summed E-state index contributed by atoms with van der Waals surface area (Å²) in [5.74, 6) is -0.840. The normalized spacial score (nSPS) is 9.50. The number of carboxylic acids is 1. The molecular formula is C8H18O6. The van der Waals surface area contributed by atoms with E-state index in [0.717, 1.165) is 0 Å². The number of aliphatic carboxylic acids is 1. The number of carboxylic acid groups (broad SMARTS) is 1. The number of hydrogen-bond acceptors (Lipinski definition) is 5. The van der Waals surface area contributed by atoms with E-state index in [0.29, 0.717) is 12.8 Å². The van der Waals surface area contributed by atoms with Gasteiger partial charge in [0, 0.05) is 6.42 Å². The minimum atomic E-state index is -1.30. The molecule has 0 fully saturated rings. The zero-order chi connectivity index (χ0) is 11.4. The van der Waals surface area contributed by atoms with Crippen LogP contribution in [0.25, 0.3) is 0 Å². The SMILES string of the molecule is O=C(O)CCCCC(O)O.OCCO. The molecule has 0 aromatic rings. The van der Waals surface area contributed by atoms with Crippen LogP contribution in [-0.2, 0) is 4.79 Å². The molecule has 6 nitrogen and oxygen atoms in total. The molecule has 0 atom stereocenters. The van der Waals surface area contributed by atoms with Crippen molar-refractivity contribution in [3.05, 3.63) is 0 Å². The summed E-state index contributed by atoms with van der Waals surface area (Å²) in [6, 6.07) is 0. The molecule has 6 heteroatoms. The van der Waals surface area contributed by atoms with Crippen LogP contribution in [0.5, 0.6) is 0 Å². The van der Waals surface area contributed by atoms with E-state index >= 15 is 0 Å². The molecule has 0 aliphatic carbocycles. The smallest absolute Gasteiger partial charge is 0.303 e. The van der Waals surface area contributed by atoms with Crippen molar-refractivity contribution < 1.29 is 30.3 Å². The van der Waals surface area contributed by atoms with Gasteiger partial charge >= 0.3 is 5.97 Å². The van der Waals surface area contributed by atoms with E-state index in [1.165, 1.54) is 0 Å². The maximum Gasteiger partial charge on any atom is 0.303 e. The molecule has 0 saturated heterocycles. The number of carbonyl (C=O) groups is 1. The molecule has 0 aromatic carbocycles. The van der Waals surface area contributed by atoms with E-state index in [-0.39, 0.29) is 26.1 Å². The van der Waals surface area contributed by atoms with Crippen molar-refractivity contribution >= 4 is 5.97 Å². The molecule has 0 aromatic heterocycles. The van der Waals surface area contributed by atoms with E-state index in [2.05, 4.69) is 0 Å². The van der Waals surface area contributed by atoms with Crippen molar-refractivity contribution in [2.45, 2.75) is 32.0 Å². The van der Waals surface area contributed by atoms with Crippen molar-refractivity contribution in [1.82, 2.24) is 0 Å². The predicted molar refractivity (Wildman–Crippen MR) is 48.5 cm³/mol. The highest BCUT2D eigenvalue weighted by atomic mass is 16.5. The summed E-state index contributed by atoms with van der Waals surface area (Å²) in [7, 11) is 0. The molecular weight excluding hydrogens is 192 g/mol. The third kappa shape index (κ3) is 22.5. The average Bonchev–Trinajstić information content (AvgIpc) is 2.12. The first-order chi connectivity index (χ1) is 6.54. The molecule has 5 N–H and O–H groups in total. The second kappa shape index (κ2) is 12.3. The molecule has 0 saturated carbocycles. The van der Waals surface area contributed by atoms with Gasteiger partial charge in [0.15, 0.2) is 6.29 Å². The van der Waals surface area contributed by atoms with Crippen molar-refractivity contribution in [2.24, 2.45) is 0 Å². The quantitative estimate of drug-likeness (QED) is 0.281. The fourth-order valence-electron chi connectivity index (χ4n) is 0.603. The summed E-state index contributed by atoms with van der Waals surface area (Å²) in [4.78, 5) is 9.92. The lowest BCUT2D eigenvalue weighted by Gasteiger charge is -2.00. The Labute approximate surface area is 82.4 Å². The zero-order valence-corrected chi connectivity index (χ0v) is 7.96. The van der Waals surface area contributed by atoms with E-state index in [1.807, 2.05) is 0 Å². The average molecular weight is 210 g/mol. The van der Waals surface area contributed by atoms with Gasteiger partial charge in [0.25, 0.3) is 0 Å². The van der Waals surface area contributed by atoms with Gasteiger partial charge in [-0.1, -0.05) is 0 Å². The maximum absolute atomic E-state index is 9.92. The first-order valence-corrected chi connectivity index (χ1v) is 4.34. The fraction of sp³-hybridized carbons (Fsp3) is 0.875. The van der Waals surface area contributed by atoms with E-state index < -0.39 is 12.3 Å². The van der Waals surface area contributed by atoms with Gasteiger partial charge in [-0.05, 0) is 19.3 Å². The highest BCUT2D eigenvalue weighted by molar-refractivity contribution is 5.66. The van der Waals surface area contributed by atoms with Gasteiger partial charge in [0.1, 0.15) is 0 Å². The van der Waals surface area contributed by atoms with Crippen molar-refractivity contribution in [3.63, 3.8) is 0 Å². The second-order valence-corrected chi connectivity index (χ2v) is 2.57. The van der Waals surface area contributed by atoms with Gasteiger partial charge in [0.05, 0.1) is 13.2 Å². The van der Waals surface area contributed by atoms with E-state index in [1.54, 1.807) is 0 Å². The van der Waals surface area contributed by atoms with Gasteiger partial charge in [-0.15, -0.1) is 0 Å². The molecule has 0 heterocycles. The van der Waals surface area contributed by atoms with Crippen LogP contribution in [0.1, 0.15) is 25.7 Å². The van der Waals surface area contributed by atoms with E-state index in [9.17, 15) is 4.79 Å². The Hall–Kier alpha value is -0.690. The third-order valence-corrected chi connectivity index (χ3v) is 1.20. The fourth-order valence-corrected chi connectivity index (χ4v) is 0.603. The van der Waals surface area contributed by atoms with Gasteiger partial charge in [0.2, 0.25) is 0 Å². The summed E-state index contributed by atoms with van der Waals surface area (Å²) in [5, 5.41) is 40.1. The maximum atomic E-state index is 9.92. The number of aliphatic hydroxyl groups is 4. The summed E-state index contributed by atoms with van der Waals surface area (Å²) in [6.07, 6.45) is 0.116. The number of hydrogen-bond donors (Lipinski definition) is 5. The van der Waals surface area contributed by atoms with Crippen molar-refractivity contribution in [3.8, 4) is 0 Å². The summed E-state index contributed by atoms with van der Waals surface area (Å²) in [6.45, 7) is -0.250. The number of rotatable bonds is 6. The third-order valence-electron chi connectivity index (χ3n) is 1.20. The van der Waals surface area contributed by atoms with Crippen LogP contribution in [0.15, 0.2) is 0 Å². The van der Waals surface area contributed by atoms with Crippen LogP contribution in [0, 0.1) is 0 Å². The van der Waals surface area contributed by atoms with Crippen LogP contribution in [0.4, 0.5) is 0 Å². The summed E-state index contributed by atoms with van der Waals surface area (Å²) >= 11 is 0. The Balaban J connectivity index is 0. The highest BCUT2D eigenvalue weighted by Crippen LogP contribution is 2.01. The van der Waals surface area contributed by atoms with Crippen LogP contribution >= 0.6 is 0 Å². The van der Waals surface area contributed by atoms with E-state index in [4.69, 9.17) is 25.5 Å². The Morgan fingerprint density at radius 2 is 1.57 bits per heavy atom. The lowest BCUT2D eigenvalue weighted by atomic mass is 10.2. The molecule has 0 aliphatic rings.